The van der Waals surface area contributed by atoms with Crippen LogP contribution >= 0.6 is 0 Å². The number of likely N-dealkylation sites (tertiary alicyclic amines) is 1. The molecule has 2 N–H and O–H groups in total. The Labute approximate surface area is 106 Å². The fourth-order valence-corrected chi connectivity index (χ4v) is 3.45. The molecule has 2 aliphatic rings. The van der Waals surface area contributed by atoms with Crippen LogP contribution in [0.3, 0.4) is 0 Å². The van der Waals surface area contributed by atoms with Crippen molar-refractivity contribution in [3.8, 4) is 0 Å². The van der Waals surface area contributed by atoms with Gasteiger partial charge in [-0.05, 0) is 52.0 Å². The zero-order valence-corrected chi connectivity index (χ0v) is 11.6. The highest BCUT2D eigenvalue weighted by Gasteiger charge is 2.37. The summed E-state index contributed by atoms with van der Waals surface area (Å²) in [7, 11) is 0. The third kappa shape index (κ3) is 2.83. The van der Waals surface area contributed by atoms with Gasteiger partial charge in [0.15, 0.2) is 0 Å². The molecular weight excluding hydrogens is 212 g/mol. The summed E-state index contributed by atoms with van der Waals surface area (Å²) in [5, 5.41) is 0. The Morgan fingerprint density at radius 3 is 2.59 bits per heavy atom. The Bertz CT molecular complexity index is 246. The summed E-state index contributed by atoms with van der Waals surface area (Å²) < 4.78 is 6.03. The van der Waals surface area contributed by atoms with E-state index in [1.54, 1.807) is 0 Å². The van der Waals surface area contributed by atoms with Crippen molar-refractivity contribution in [2.45, 2.75) is 70.7 Å². The molecule has 0 saturated carbocycles. The lowest BCUT2D eigenvalue weighted by atomic mass is 9.89. The Hall–Kier alpha value is -0.120. The maximum atomic E-state index is 6.03. The van der Waals surface area contributed by atoms with E-state index in [-0.39, 0.29) is 0 Å². The third-order valence-electron chi connectivity index (χ3n) is 4.78. The Morgan fingerprint density at radius 1 is 1.24 bits per heavy atom. The van der Waals surface area contributed by atoms with Crippen LogP contribution in [0.2, 0.25) is 0 Å². The second-order valence-electron chi connectivity index (χ2n) is 5.96. The lowest BCUT2D eigenvalue weighted by Gasteiger charge is -2.44. The number of rotatable bonds is 3. The van der Waals surface area contributed by atoms with Crippen molar-refractivity contribution < 1.29 is 4.74 Å². The number of nitrogens with zero attached hydrogens (tertiary/aromatic N) is 1. The topological polar surface area (TPSA) is 38.5 Å². The van der Waals surface area contributed by atoms with E-state index >= 15 is 0 Å². The van der Waals surface area contributed by atoms with E-state index in [4.69, 9.17) is 10.5 Å². The monoisotopic (exact) mass is 240 g/mol. The fourth-order valence-electron chi connectivity index (χ4n) is 3.45. The Balaban J connectivity index is 2.01. The van der Waals surface area contributed by atoms with E-state index in [9.17, 15) is 0 Å². The smallest absolute Gasteiger partial charge is 0.0747 e. The van der Waals surface area contributed by atoms with Crippen molar-refractivity contribution in [3.63, 3.8) is 0 Å². The van der Waals surface area contributed by atoms with Crippen LogP contribution < -0.4 is 5.73 Å². The van der Waals surface area contributed by atoms with Gasteiger partial charge in [-0.15, -0.1) is 0 Å². The van der Waals surface area contributed by atoms with Crippen LogP contribution in [0.4, 0.5) is 0 Å². The molecule has 2 aliphatic heterocycles. The summed E-state index contributed by atoms with van der Waals surface area (Å²) in [6, 6.07) is 1.08. The first-order valence-corrected chi connectivity index (χ1v) is 7.24. The van der Waals surface area contributed by atoms with Crippen LogP contribution in [0, 0.1) is 5.92 Å². The van der Waals surface area contributed by atoms with Crippen molar-refractivity contribution in [3.05, 3.63) is 0 Å². The first-order valence-electron chi connectivity index (χ1n) is 7.24. The minimum absolute atomic E-state index is 0.364. The molecule has 3 nitrogen and oxygen atoms in total. The second-order valence-corrected chi connectivity index (χ2v) is 5.96. The minimum Gasteiger partial charge on any atom is -0.374 e. The molecule has 2 rings (SSSR count). The first-order chi connectivity index (χ1) is 8.13. The molecule has 0 amide bonds. The van der Waals surface area contributed by atoms with Gasteiger partial charge in [-0.1, -0.05) is 6.92 Å². The van der Waals surface area contributed by atoms with Crippen molar-refractivity contribution in [2.24, 2.45) is 11.7 Å². The molecule has 3 heteroatoms. The fraction of sp³-hybridized carbons (Fsp3) is 1.00. The van der Waals surface area contributed by atoms with Crippen LogP contribution in [-0.4, -0.2) is 42.3 Å². The molecule has 0 aromatic heterocycles. The SMILES string of the molecule is CC1CCC(C(CN)N2CCCC(C)C2C)O1. The molecule has 0 aliphatic carbocycles. The summed E-state index contributed by atoms with van der Waals surface area (Å²) in [5.74, 6) is 0.789. The maximum Gasteiger partial charge on any atom is 0.0747 e. The molecule has 0 radical (unpaired) electrons. The van der Waals surface area contributed by atoms with E-state index in [0.717, 1.165) is 12.5 Å². The zero-order valence-electron chi connectivity index (χ0n) is 11.6. The Morgan fingerprint density at radius 2 is 2.00 bits per heavy atom. The molecule has 2 heterocycles. The molecule has 17 heavy (non-hydrogen) atoms. The van der Waals surface area contributed by atoms with E-state index in [0.29, 0.717) is 24.3 Å². The summed E-state index contributed by atoms with van der Waals surface area (Å²) in [4.78, 5) is 2.61. The van der Waals surface area contributed by atoms with E-state index in [1.165, 1.54) is 32.2 Å². The lowest BCUT2D eigenvalue weighted by molar-refractivity contribution is -0.0334. The van der Waals surface area contributed by atoms with Gasteiger partial charge in [0, 0.05) is 18.6 Å². The number of ether oxygens (including phenoxy) is 1. The van der Waals surface area contributed by atoms with Gasteiger partial charge in [0.25, 0.3) is 0 Å². The molecular formula is C14H28N2O. The number of hydrogen-bond donors (Lipinski definition) is 1. The number of hydrogen-bond acceptors (Lipinski definition) is 3. The van der Waals surface area contributed by atoms with Crippen LogP contribution in [0.15, 0.2) is 0 Å². The van der Waals surface area contributed by atoms with E-state index in [2.05, 4.69) is 25.7 Å². The van der Waals surface area contributed by atoms with Gasteiger partial charge >= 0.3 is 0 Å². The van der Waals surface area contributed by atoms with Crippen LogP contribution in [0.25, 0.3) is 0 Å². The first kappa shape index (κ1) is 13.3. The molecule has 100 valence electrons. The largest absolute Gasteiger partial charge is 0.374 e. The maximum absolute atomic E-state index is 6.03. The normalized spacial score (nSPS) is 41.6. The molecule has 0 aromatic carbocycles. The highest BCUT2D eigenvalue weighted by molar-refractivity contribution is 4.91. The standard InChI is InChI=1S/C14H28N2O/c1-10-5-4-8-16(12(10)3)13(9-15)14-7-6-11(2)17-14/h10-14H,4-9,15H2,1-3H3. The third-order valence-corrected chi connectivity index (χ3v) is 4.78. The highest BCUT2D eigenvalue weighted by Crippen LogP contribution is 2.30. The molecule has 2 saturated heterocycles. The molecule has 0 aromatic rings. The van der Waals surface area contributed by atoms with Crippen LogP contribution in [-0.2, 0) is 4.74 Å². The zero-order chi connectivity index (χ0) is 12.4. The molecule has 2 fully saturated rings. The molecule has 5 atom stereocenters. The molecule has 5 unspecified atom stereocenters. The van der Waals surface area contributed by atoms with E-state index < -0.39 is 0 Å². The highest BCUT2D eigenvalue weighted by atomic mass is 16.5. The number of piperidine rings is 1. The van der Waals surface area contributed by atoms with Crippen LogP contribution in [0.5, 0.6) is 0 Å². The average Bonchev–Trinajstić information content (AvgIpc) is 2.72. The van der Waals surface area contributed by atoms with Crippen molar-refractivity contribution >= 4 is 0 Å². The van der Waals surface area contributed by atoms with Gasteiger partial charge < -0.3 is 10.5 Å². The summed E-state index contributed by atoms with van der Waals surface area (Å²) >= 11 is 0. The summed E-state index contributed by atoms with van der Waals surface area (Å²) in [6.45, 7) is 8.82. The van der Waals surface area contributed by atoms with Gasteiger partial charge in [-0.2, -0.15) is 0 Å². The van der Waals surface area contributed by atoms with Crippen LogP contribution in [0.1, 0.15) is 46.5 Å². The Kier molecular flexibility index (Phi) is 4.45. The summed E-state index contributed by atoms with van der Waals surface area (Å²) in [5.41, 5.74) is 6.01. The minimum atomic E-state index is 0.364. The van der Waals surface area contributed by atoms with Gasteiger partial charge in [0.1, 0.15) is 0 Å². The van der Waals surface area contributed by atoms with E-state index in [1.807, 2.05) is 0 Å². The lowest BCUT2D eigenvalue weighted by Crippen LogP contribution is -2.55. The predicted octanol–water partition coefficient (Wildman–Crippen LogP) is 2.00. The van der Waals surface area contributed by atoms with Gasteiger partial charge in [-0.25, -0.2) is 0 Å². The van der Waals surface area contributed by atoms with Gasteiger partial charge in [0.05, 0.1) is 12.2 Å². The average molecular weight is 240 g/mol. The number of nitrogens with two attached hydrogens (primary N) is 1. The molecule has 0 bridgehead atoms. The van der Waals surface area contributed by atoms with Crippen molar-refractivity contribution in [1.82, 2.24) is 4.90 Å². The summed E-state index contributed by atoms with van der Waals surface area (Å²) in [6.07, 6.45) is 5.83. The quantitative estimate of drug-likeness (QED) is 0.820. The van der Waals surface area contributed by atoms with Crippen molar-refractivity contribution in [2.75, 3.05) is 13.1 Å². The predicted molar refractivity (Wildman–Crippen MR) is 71.0 cm³/mol. The molecule has 0 spiro atoms. The second kappa shape index (κ2) is 5.68. The van der Waals surface area contributed by atoms with Gasteiger partial charge in [0.2, 0.25) is 0 Å². The van der Waals surface area contributed by atoms with Gasteiger partial charge in [-0.3, -0.25) is 4.90 Å². The van der Waals surface area contributed by atoms with Crippen molar-refractivity contribution in [1.29, 1.82) is 0 Å².